The first-order chi connectivity index (χ1) is 12.4. The van der Waals surface area contributed by atoms with Crippen LogP contribution in [-0.2, 0) is 11.3 Å². The molecule has 0 aliphatic heterocycles. The molecule has 0 aliphatic rings. The number of nitrogens with zero attached hydrogens (tertiary/aromatic N) is 2. The SMILES string of the molecule is CCOC(=O)c1sc2ncn(C[C@H](O)c3ccccc3F)c(=O)c2c1C. The lowest BCUT2D eigenvalue weighted by Crippen LogP contribution is -2.24. The van der Waals surface area contributed by atoms with Gasteiger partial charge in [-0.25, -0.2) is 14.2 Å². The smallest absolute Gasteiger partial charge is 0.348 e. The quantitative estimate of drug-likeness (QED) is 0.693. The van der Waals surface area contributed by atoms with E-state index in [0.717, 1.165) is 11.3 Å². The van der Waals surface area contributed by atoms with E-state index in [0.29, 0.717) is 20.7 Å². The highest BCUT2D eigenvalue weighted by Crippen LogP contribution is 2.27. The number of esters is 1. The maximum absolute atomic E-state index is 13.8. The second-order valence-corrected chi connectivity index (χ2v) is 6.70. The largest absolute Gasteiger partial charge is 0.462 e. The van der Waals surface area contributed by atoms with Crippen molar-refractivity contribution >= 4 is 27.5 Å². The highest BCUT2D eigenvalue weighted by Gasteiger charge is 2.21. The summed E-state index contributed by atoms with van der Waals surface area (Å²) < 4.78 is 20.0. The fraction of sp³-hybridized carbons (Fsp3) is 0.278. The second-order valence-electron chi connectivity index (χ2n) is 5.70. The second kappa shape index (κ2) is 7.35. The molecule has 0 amide bonds. The van der Waals surface area contributed by atoms with Crippen LogP contribution in [0.4, 0.5) is 4.39 Å². The molecule has 8 heteroatoms. The normalized spacial score (nSPS) is 12.3. The van der Waals surface area contributed by atoms with Crippen molar-refractivity contribution in [2.75, 3.05) is 6.61 Å². The molecule has 1 aromatic carbocycles. The lowest BCUT2D eigenvalue weighted by Gasteiger charge is -2.13. The van der Waals surface area contributed by atoms with Crippen molar-refractivity contribution in [2.45, 2.75) is 26.5 Å². The minimum atomic E-state index is -1.20. The summed E-state index contributed by atoms with van der Waals surface area (Å²) in [6.07, 6.45) is 0.0937. The van der Waals surface area contributed by atoms with Crippen LogP contribution in [0.1, 0.15) is 33.8 Å². The summed E-state index contributed by atoms with van der Waals surface area (Å²) in [6.45, 7) is 3.45. The molecule has 2 aromatic heterocycles. The molecule has 2 heterocycles. The molecule has 136 valence electrons. The molecule has 26 heavy (non-hydrogen) atoms. The van der Waals surface area contributed by atoms with Crippen molar-refractivity contribution in [3.63, 3.8) is 0 Å². The number of hydrogen-bond donors (Lipinski definition) is 1. The predicted octanol–water partition coefficient (Wildman–Crippen LogP) is 2.82. The van der Waals surface area contributed by atoms with E-state index in [9.17, 15) is 19.1 Å². The maximum atomic E-state index is 13.8. The number of aliphatic hydroxyl groups is 1. The van der Waals surface area contributed by atoms with E-state index in [2.05, 4.69) is 4.98 Å². The van der Waals surface area contributed by atoms with E-state index in [1.165, 1.54) is 29.1 Å². The summed E-state index contributed by atoms with van der Waals surface area (Å²) in [6, 6.07) is 5.85. The average molecular weight is 376 g/mol. The number of hydrogen-bond acceptors (Lipinski definition) is 6. The summed E-state index contributed by atoms with van der Waals surface area (Å²) in [4.78, 5) is 29.7. The first-order valence-electron chi connectivity index (χ1n) is 8.02. The molecule has 1 N–H and O–H groups in total. The van der Waals surface area contributed by atoms with Gasteiger partial charge in [-0.15, -0.1) is 11.3 Å². The summed E-state index contributed by atoms with van der Waals surface area (Å²) in [7, 11) is 0. The molecular weight excluding hydrogens is 359 g/mol. The van der Waals surface area contributed by atoms with E-state index in [4.69, 9.17) is 4.74 Å². The van der Waals surface area contributed by atoms with E-state index in [1.54, 1.807) is 19.9 Å². The zero-order valence-corrected chi connectivity index (χ0v) is 15.0. The molecule has 0 bridgehead atoms. The van der Waals surface area contributed by atoms with Crippen LogP contribution in [0.15, 0.2) is 35.4 Å². The van der Waals surface area contributed by atoms with Crippen molar-refractivity contribution in [1.82, 2.24) is 9.55 Å². The summed E-state index contributed by atoms with van der Waals surface area (Å²) >= 11 is 1.09. The summed E-state index contributed by atoms with van der Waals surface area (Å²) in [5.74, 6) is -1.04. The van der Waals surface area contributed by atoms with Gasteiger partial charge in [0.2, 0.25) is 0 Å². The molecule has 0 unspecified atom stereocenters. The number of fused-ring (bicyclic) bond motifs is 1. The first-order valence-corrected chi connectivity index (χ1v) is 8.83. The topological polar surface area (TPSA) is 81.4 Å². The number of thiophene rings is 1. The van der Waals surface area contributed by atoms with Crippen LogP contribution in [0.3, 0.4) is 0 Å². The van der Waals surface area contributed by atoms with Crippen LogP contribution in [0.2, 0.25) is 0 Å². The van der Waals surface area contributed by atoms with Crippen molar-refractivity contribution in [3.05, 3.63) is 62.8 Å². The van der Waals surface area contributed by atoms with Crippen LogP contribution in [0, 0.1) is 12.7 Å². The Morgan fingerprint density at radius 2 is 2.15 bits per heavy atom. The Kier molecular flexibility index (Phi) is 5.15. The number of ether oxygens (including phenoxy) is 1. The Hall–Kier alpha value is -2.58. The Morgan fingerprint density at radius 1 is 1.42 bits per heavy atom. The lowest BCUT2D eigenvalue weighted by molar-refractivity contribution is 0.0531. The van der Waals surface area contributed by atoms with Gasteiger partial charge in [0.15, 0.2) is 0 Å². The Morgan fingerprint density at radius 3 is 2.85 bits per heavy atom. The first kappa shape index (κ1) is 18.2. The molecule has 0 fully saturated rings. The van der Waals surface area contributed by atoms with Crippen LogP contribution in [-0.4, -0.2) is 27.2 Å². The van der Waals surface area contributed by atoms with Gasteiger partial charge in [0, 0.05) is 5.56 Å². The van der Waals surface area contributed by atoms with Gasteiger partial charge >= 0.3 is 5.97 Å². The fourth-order valence-electron chi connectivity index (χ4n) is 2.71. The Bertz CT molecular complexity index is 1030. The van der Waals surface area contributed by atoms with Gasteiger partial charge in [-0.1, -0.05) is 18.2 Å². The van der Waals surface area contributed by atoms with E-state index in [-0.39, 0.29) is 18.7 Å². The zero-order valence-electron chi connectivity index (χ0n) is 14.2. The Labute approximate surface area is 152 Å². The lowest BCUT2D eigenvalue weighted by atomic mass is 10.1. The number of aromatic nitrogens is 2. The number of benzene rings is 1. The van der Waals surface area contributed by atoms with Crippen LogP contribution in [0.25, 0.3) is 10.2 Å². The third-order valence-electron chi connectivity index (χ3n) is 4.01. The van der Waals surface area contributed by atoms with Crippen LogP contribution in [0.5, 0.6) is 0 Å². The summed E-state index contributed by atoms with van der Waals surface area (Å²) in [5, 5.41) is 10.6. The van der Waals surface area contributed by atoms with Gasteiger partial charge in [-0.2, -0.15) is 0 Å². The van der Waals surface area contributed by atoms with Gasteiger partial charge in [0.05, 0.1) is 31.0 Å². The number of aryl methyl sites for hydroxylation is 1. The number of rotatable bonds is 5. The monoisotopic (exact) mass is 376 g/mol. The Balaban J connectivity index is 1.99. The molecule has 3 rings (SSSR count). The predicted molar refractivity (Wildman–Crippen MR) is 95.9 cm³/mol. The summed E-state index contributed by atoms with van der Waals surface area (Å²) in [5.41, 5.74) is 0.208. The standard InChI is InChI=1S/C18H17FN2O4S/c1-3-25-18(24)15-10(2)14-16(26-15)20-9-21(17(14)23)8-13(22)11-6-4-5-7-12(11)19/h4-7,9,13,22H,3,8H2,1-2H3/t13-/m0/s1. The number of aliphatic hydroxyl groups excluding tert-OH is 1. The van der Waals surface area contributed by atoms with Gasteiger partial charge in [-0.05, 0) is 25.5 Å². The number of carbonyl (C=O) groups excluding carboxylic acids is 1. The highest BCUT2D eigenvalue weighted by molar-refractivity contribution is 7.20. The van der Waals surface area contributed by atoms with Crippen molar-refractivity contribution < 1.29 is 19.0 Å². The zero-order chi connectivity index (χ0) is 18.8. The molecule has 0 saturated carbocycles. The molecular formula is C18H17FN2O4S. The molecule has 0 spiro atoms. The van der Waals surface area contributed by atoms with Crippen molar-refractivity contribution in [1.29, 1.82) is 0 Å². The van der Waals surface area contributed by atoms with E-state index >= 15 is 0 Å². The van der Waals surface area contributed by atoms with Crippen molar-refractivity contribution in [2.24, 2.45) is 0 Å². The number of halogens is 1. The van der Waals surface area contributed by atoms with Gasteiger partial charge in [0.25, 0.3) is 5.56 Å². The minimum absolute atomic E-state index is 0.105. The van der Waals surface area contributed by atoms with Gasteiger partial charge in [0.1, 0.15) is 15.5 Å². The van der Waals surface area contributed by atoms with Gasteiger partial charge in [-0.3, -0.25) is 9.36 Å². The third-order valence-corrected chi connectivity index (χ3v) is 5.19. The molecule has 0 aliphatic carbocycles. The van der Waals surface area contributed by atoms with Crippen LogP contribution < -0.4 is 5.56 Å². The van der Waals surface area contributed by atoms with Crippen molar-refractivity contribution in [3.8, 4) is 0 Å². The fourth-order valence-corrected chi connectivity index (χ4v) is 3.74. The van der Waals surface area contributed by atoms with Gasteiger partial charge < -0.3 is 9.84 Å². The molecule has 3 aromatic rings. The van der Waals surface area contributed by atoms with E-state index in [1.807, 2.05) is 0 Å². The molecule has 0 radical (unpaired) electrons. The molecule has 0 saturated heterocycles. The van der Waals surface area contributed by atoms with Crippen LogP contribution >= 0.6 is 11.3 Å². The average Bonchev–Trinajstić information content (AvgIpc) is 2.95. The maximum Gasteiger partial charge on any atom is 0.348 e. The van der Waals surface area contributed by atoms with E-state index < -0.39 is 23.4 Å². The number of carbonyl (C=O) groups is 1. The minimum Gasteiger partial charge on any atom is -0.462 e. The highest BCUT2D eigenvalue weighted by atomic mass is 32.1. The molecule has 1 atom stereocenters. The molecule has 6 nitrogen and oxygen atoms in total. The third kappa shape index (κ3) is 3.25.